The first-order chi connectivity index (χ1) is 25.5. The summed E-state index contributed by atoms with van der Waals surface area (Å²) in [4.78, 5) is 34.8. The number of hydrogen-bond acceptors (Lipinski definition) is 10. The molecule has 0 aromatic carbocycles. The summed E-state index contributed by atoms with van der Waals surface area (Å²) in [6, 6.07) is 0. The molecule has 11 nitrogen and oxygen atoms in total. The first-order valence-corrected chi connectivity index (χ1v) is 20.9. The van der Waals surface area contributed by atoms with Crippen molar-refractivity contribution in [3.63, 3.8) is 0 Å². The van der Waals surface area contributed by atoms with Crippen molar-refractivity contribution in [3.8, 4) is 0 Å². The molecule has 0 aromatic rings. The second-order valence-corrected chi connectivity index (χ2v) is 14.5. The fraction of sp³-hybridized carbons (Fsp3) is 0.659. The summed E-state index contributed by atoms with van der Waals surface area (Å²) in [5.74, 6) is -0.304. The molecule has 0 aliphatic carbocycles. The van der Waals surface area contributed by atoms with Gasteiger partial charge in [-0.1, -0.05) is 139 Å². The summed E-state index contributed by atoms with van der Waals surface area (Å²) in [5, 5.41) is 28.1. The number of phosphoric ester groups is 1. The minimum Gasteiger partial charge on any atom is -0.462 e. The lowest BCUT2D eigenvalue weighted by atomic mass is 10.00. The Hall–Kier alpha value is -2.63. The van der Waals surface area contributed by atoms with Crippen molar-refractivity contribution in [1.29, 1.82) is 0 Å². The number of carbonyl (C=O) groups excluding carboxylic acids is 2. The van der Waals surface area contributed by atoms with Crippen LogP contribution in [0.1, 0.15) is 124 Å². The van der Waals surface area contributed by atoms with Crippen LogP contribution in [0.15, 0.2) is 72.9 Å². The molecule has 0 amide bonds. The fourth-order valence-corrected chi connectivity index (χ4v) is 5.40. The van der Waals surface area contributed by atoms with Gasteiger partial charge < -0.3 is 29.7 Å². The van der Waals surface area contributed by atoms with Gasteiger partial charge in [-0.15, -0.1) is 0 Å². The topological polar surface area (TPSA) is 169 Å². The molecule has 3 unspecified atom stereocenters. The number of rotatable bonds is 34. The third kappa shape index (κ3) is 34.9. The first kappa shape index (κ1) is 50.4. The quantitative estimate of drug-likeness (QED) is 0.0163. The predicted molar refractivity (Wildman–Crippen MR) is 211 cm³/mol. The number of esters is 2. The molecule has 0 heterocycles. The van der Waals surface area contributed by atoms with E-state index in [4.69, 9.17) is 19.1 Å². The van der Waals surface area contributed by atoms with Gasteiger partial charge in [0.2, 0.25) is 0 Å². The van der Waals surface area contributed by atoms with Gasteiger partial charge in [0.1, 0.15) is 12.7 Å². The van der Waals surface area contributed by atoms with E-state index in [1.54, 1.807) is 6.08 Å². The highest BCUT2D eigenvalue weighted by atomic mass is 31.2. The highest BCUT2D eigenvalue weighted by Gasteiger charge is 2.27. The van der Waals surface area contributed by atoms with E-state index in [9.17, 15) is 29.3 Å². The zero-order valence-electron chi connectivity index (χ0n) is 32.5. The Morgan fingerprint density at radius 2 is 1.34 bits per heavy atom. The van der Waals surface area contributed by atoms with Gasteiger partial charge in [0.15, 0.2) is 6.10 Å². The predicted octanol–water partition coefficient (Wildman–Crippen LogP) is 8.54. The average Bonchev–Trinajstić information content (AvgIpc) is 3.14. The van der Waals surface area contributed by atoms with Gasteiger partial charge in [0.25, 0.3) is 0 Å². The monoisotopic (exact) mass is 768 g/mol. The second kappa shape index (κ2) is 35.1. The van der Waals surface area contributed by atoms with Gasteiger partial charge >= 0.3 is 19.8 Å². The maximum absolute atomic E-state index is 12.5. The number of carbonyl (C=O) groups is 2. The number of aliphatic hydroxyl groups is 3. The van der Waals surface area contributed by atoms with E-state index in [1.165, 1.54) is 25.7 Å². The van der Waals surface area contributed by atoms with Gasteiger partial charge in [-0.3, -0.25) is 18.6 Å². The van der Waals surface area contributed by atoms with Crippen LogP contribution in [0, 0.1) is 5.92 Å². The van der Waals surface area contributed by atoms with Crippen molar-refractivity contribution in [3.05, 3.63) is 72.9 Å². The van der Waals surface area contributed by atoms with Gasteiger partial charge in [0.05, 0.1) is 25.9 Å². The maximum atomic E-state index is 12.5. The molecule has 0 radical (unpaired) electrons. The molecule has 0 fully saturated rings. The summed E-state index contributed by atoms with van der Waals surface area (Å²) in [5.41, 5.74) is 0. The number of ether oxygens (including phenoxy) is 2. The lowest BCUT2D eigenvalue weighted by molar-refractivity contribution is -0.161. The molecule has 0 saturated heterocycles. The molecular weight excluding hydrogens is 699 g/mol. The molecule has 0 aliphatic rings. The van der Waals surface area contributed by atoms with E-state index < -0.39 is 57.9 Å². The van der Waals surface area contributed by atoms with Crippen LogP contribution >= 0.6 is 7.82 Å². The van der Waals surface area contributed by atoms with E-state index in [2.05, 4.69) is 43.5 Å². The summed E-state index contributed by atoms with van der Waals surface area (Å²) >= 11 is 0. The third-order valence-corrected chi connectivity index (χ3v) is 8.96. The van der Waals surface area contributed by atoms with Crippen molar-refractivity contribution < 1.29 is 52.9 Å². The van der Waals surface area contributed by atoms with Crippen LogP contribution in [0.4, 0.5) is 0 Å². The number of allylic oxidation sites excluding steroid dienone is 10. The standard InChI is InChI=1S/C41H69O11P/c1-4-6-22-28-37(43)29-24-19-14-12-10-8-7-9-11-13-15-20-25-30-40(45)49-34-39(35-51-53(47,48)50-33-38(44)32-42)52-41(46)31-26-21-17-16-18-23-27-36(3)5-2/h6,8-11,14-15,19-20,22,24,29,36-39,42-44H,4-5,7,12-13,16-18,21,23,25-28,30-35H2,1-3H3,(H,47,48)/b10-8-,11-9-,19-14+,20-15-,22-6-,29-24+/t36?,37?,38-,39+/m0/s1. The van der Waals surface area contributed by atoms with Crippen molar-refractivity contribution in [2.45, 2.75) is 142 Å². The van der Waals surface area contributed by atoms with Crippen molar-refractivity contribution in [1.82, 2.24) is 0 Å². The Balaban J connectivity index is 4.52. The van der Waals surface area contributed by atoms with E-state index in [1.807, 2.05) is 48.6 Å². The largest absolute Gasteiger partial charge is 0.472 e. The molecule has 5 atom stereocenters. The van der Waals surface area contributed by atoms with Crippen molar-refractivity contribution >= 4 is 19.8 Å². The first-order valence-electron chi connectivity index (χ1n) is 19.4. The Kier molecular flexibility index (Phi) is 33.4. The van der Waals surface area contributed by atoms with Crippen LogP contribution in [0.25, 0.3) is 0 Å². The molecule has 0 aliphatic heterocycles. The van der Waals surface area contributed by atoms with Crippen LogP contribution in [0.2, 0.25) is 0 Å². The second-order valence-electron chi connectivity index (χ2n) is 13.0. The van der Waals surface area contributed by atoms with E-state index >= 15 is 0 Å². The van der Waals surface area contributed by atoms with E-state index in [-0.39, 0.29) is 19.4 Å². The van der Waals surface area contributed by atoms with E-state index in [0.29, 0.717) is 19.3 Å². The molecule has 53 heavy (non-hydrogen) atoms. The third-order valence-electron chi connectivity index (χ3n) is 8.01. The van der Waals surface area contributed by atoms with Gasteiger partial charge in [-0.25, -0.2) is 4.57 Å². The number of hydrogen-bond donors (Lipinski definition) is 4. The maximum Gasteiger partial charge on any atom is 0.472 e. The van der Waals surface area contributed by atoms with Crippen LogP contribution < -0.4 is 0 Å². The molecule has 0 spiro atoms. The molecule has 12 heteroatoms. The minimum atomic E-state index is -4.64. The Labute approximate surface area is 319 Å². The smallest absolute Gasteiger partial charge is 0.462 e. The van der Waals surface area contributed by atoms with Crippen LogP contribution in [-0.2, 0) is 32.7 Å². The lowest BCUT2D eigenvalue weighted by Crippen LogP contribution is -2.29. The van der Waals surface area contributed by atoms with E-state index in [0.717, 1.165) is 50.9 Å². The highest BCUT2D eigenvalue weighted by Crippen LogP contribution is 2.43. The number of unbranched alkanes of at least 4 members (excludes halogenated alkanes) is 5. The zero-order valence-corrected chi connectivity index (χ0v) is 33.4. The SMILES string of the molecule is CC/C=C\CC(O)/C=C/C=C/C/C=C\C/C=C\C/C=C\CCC(=O)OC[C@H](COP(=O)(O)OC[C@@H](O)CO)OC(=O)CCCCCCCCC(C)CC. The Morgan fingerprint density at radius 3 is 2.00 bits per heavy atom. The summed E-state index contributed by atoms with van der Waals surface area (Å²) < 4.78 is 32.5. The van der Waals surface area contributed by atoms with Gasteiger partial charge in [0, 0.05) is 12.8 Å². The van der Waals surface area contributed by atoms with Crippen LogP contribution in [-0.4, -0.2) is 76.9 Å². The number of phosphoric acid groups is 1. The van der Waals surface area contributed by atoms with Gasteiger partial charge in [-0.05, 0) is 50.9 Å². The lowest BCUT2D eigenvalue weighted by Gasteiger charge is -2.20. The van der Waals surface area contributed by atoms with Crippen molar-refractivity contribution in [2.24, 2.45) is 5.92 Å². The summed E-state index contributed by atoms with van der Waals surface area (Å²) in [6.07, 6.45) is 33.8. The normalized spacial score (nSPS) is 16.0. The van der Waals surface area contributed by atoms with Crippen LogP contribution in [0.5, 0.6) is 0 Å². The molecule has 0 bridgehead atoms. The summed E-state index contributed by atoms with van der Waals surface area (Å²) in [7, 11) is -4.64. The number of aliphatic hydroxyl groups excluding tert-OH is 3. The molecule has 0 aromatic heterocycles. The van der Waals surface area contributed by atoms with Crippen LogP contribution in [0.3, 0.4) is 0 Å². The Morgan fingerprint density at radius 1 is 0.717 bits per heavy atom. The molecule has 0 rings (SSSR count). The Bertz CT molecular complexity index is 1140. The highest BCUT2D eigenvalue weighted by molar-refractivity contribution is 7.47. The molecular formula is C41H69O11P. The fourth-order valence-electron chi connectivity index (χ4n) is 4.61. The molecule has 4 N–H and O–H groups in total. The summed E-state index contributed by atoms with van der Waals surface area (Å²) in [6.45, 7) is 4.29. The van der Waals surface area contributed by atoms with Crippen molar-refractivity contribution in [2.75, 3.05) is 26.4 Å². The van der Waals surface area contributed by atoms with Gasteiger partial charge in [-0.2, -0.15) is 0 Å². The zero-order chi connectivity index (χ0) is 39.4. The molecule has 304 valence electrons. The minimum absolute atomic E-state index is 0.0973. The average molecular weight is 769 g/mol. The molecule has 0 saturated carbocycles.